The monoisotopic (exact) mass is 312 g/mol. The van der Waals surface area contributed by atoms with Gasteiger partial charge >= 0.3 is 0 Å². The van der Waals surface area contributed by atoms with E-state index < -0.39 is 0 Å². The molecule has 1 heterocycles. The van der Waals surface area contributed by atoms with Gasteiger partial charge in [0.15, 0.2) is 5.96 Å². The molecule has 1 rings (SSSR count). The second-order valence-electron chi connectivity index (χ2n) is 2.23. The Balaban J connectivity index is 0.00000144. The summed E-state index contributed by atoms with van der Waals surface area (Å²) in [6.45, 7) is 0.437. The van der Waals surface area contributed by atoms with Crippen LogP contribution in [-0.4, -0.2) is 10.9 Å². The Hall–Kier alpha value is -0.560. The van der Waals surface area contributed by atoms with Crippen molar-refractivity contribution in [2.75, 3.05) is 0 Å². The van der Waals surface area contributed by atoms with Gasteiger partial charge in [-0.05, 0) is 11.6 Å². The van der Waals surface area contributed by atoms with Crippen LogP contribution in [0.1, 0.15) is 5.56 Å². The molecule has 0 saturated carbocycles. The number of halogens is 2. The van der Waals surface area contributed by atoms with Crippen LogP contribution in [0.15, 0.2) is 23.3 Å². The summed E-state index contributed by atoms with van der Waals surface area (Å²) in [5.41, 5.74) is 11.2. The first-order chi connectivity index (χ1) is 5.68. The SMILES string of the molecule is I.NC(N)=NCc1ccc(Cl)nc1. The smallest absolute Gasteiger partial charge is 0.186 e. The molecule has 4 N–H and O–H groups in total. The summed E-state index contributed by atoms with van der Waals surface area (Å²) in [6.07, 6.45) is 1.63. The van der Waals surface area contributed by atoms with Crippen LogP contribution in [0, 0.1) is 0 Å². The van der Waals surface area contributed by atoms with E-state index in [0.29, 0.717) is 11.7 Å². The molecule has 0 spiro atoms. The molecule has 0 saturated heterocycles. The minimum atomic E-state index is 0. The van der Waals surface area contributed by atoms with Crippen molar-refractivity contribution in [2.24, 2.45) is 16.5 Å². The molecule has 0 unspecified atom stereocenters. The van der Waals surface area contributed by atoms with Crippen molar-refractivity contribution < 1.29 is 0 Å². The van der Waals surface area contributed by atoms with Crippen molar-refractivity contribution in [3.63, 3.8) is 0 Å². The number of rotatable bonds is 2. The maximum absolute atomic E-state index is 5.58. The molecule has 0 aliphatic rings. The van der Waals surface area contributed by atoms with Gasteiger partial charge in [-0.3, -0.25) is 0 Å². The third-order valence-electron chi connectivity index (χ3n) is 1.23. The van der Waals surface area contributed by atoms with Gasteiger partial charge in [0, 0.05) is 6.20 Å². The van der Waals surface area contributed by atoms with Crippen LogP contribution in [0.4, 0.5) is 0 Å². The standard InChI is InChI=1S/C7H9ClN4.HI/c8-6-2-1-5(3-11-6)4-12-7(9)10;/h1-3H,4H2,(H4,9,10,12);1H. The Labute approximate surface area is 98.4 Å². The van der Waals surface area contributed by atoms with Crippen molar-refractivity contribution in [1.29, 1.82) is 0 Å². The van der Waals surface area contributed by atoms with E-state index in [2.05, 4.69) is 9.98 Å². The highest BCUT2D eigenvalue weighted by molar-refractivity contribution is 14.0. The first kappa shape index (κ1) is 12.4. The van der Waals surface area contributed by atoms with E-state index in [0.717, 1.165) is 5.56 Å². The molecule has 0 aromatic carbocycles. The molecule has 0 aliphatic heterocycles. The van der Waals surface area contributed by atoms with Gasteiger partial charge in [0.25, 0.3) is 0 Å². The third-order valence-corrected chi connectivity index (χ3v) is 1.46. The second-order valence-corrected chi connectivity index (χ2v) is 2.62. The number of guanidine groups is 1. The van der Waals surface area contributed by atoms with E-state index in [1.165, 1.54) is 0 Å². The van der Waals surface area contributed by atoms with Gasteiger partial charge in [0.1, 0.15) is 5.15 Å². The minimum absolute atomic E-state index is 0. The molecule has 0 bridgehead atoms. The summed E-state index contributed by atoms with van der Waals surface area (Å²) in [6, 6.07) is 3.51. The van der Waals surface area contributed by atoms with Crippen LogP contribution in [0.5, 0.6) is 0 Å². The molecule has 6 heteroatoms. The maximum Gasteiger partial charge on any atom is 0.186 e. The zero-order chi connectivity index (χ0) is 8.97. The van der Waals surface area contributed by atoms with Gasteiger partial charge in [-0.25, -0.2) is 9.98 Å². The zero-order valence-electron chi connectivity index (χ0n) is 6.77. The molecule has 4 nitrogen and oxygen atoms in total. The maximum atomic E-state index is 5.58. The predicted octanol–water partition coefficient (Wildman–Crippen LogP) is 1.13. The predicted molar refractivity (Wildman–Crippen MR) is 64.2 cm³/mol. The third kappa shape index (κ3) is 4.89. The fourth-order valence-electron chi connectivity index (χ4n) is 0.683. The van der Waals surface area contributed by atoms with Gasteiger partial charge in [0.2, 0.25) is 0 Å². The lowest BCUT2D eigenvalue weighted by molar-refractivity contribution is 1.03. The second kappa shape index (κ2) is 5.98. The van der Waals surface area contributed by atoms with E-state index in [1.54, 1.807) is 12.3 Å². The van der Waals surface area contributed by atoms with E-state index in [4.69, 9.17) is 23.1 Å². The number of aliphatic imine (C=N–C) groups is 1. The molecule has 0 atom stereocenters. The van der Waals surface area contributed by atoms with Crippen molar-refractivity contribution >= 4 is 41.5 Å². The molecule has 1 aromatic heterocycles. The molecule has 0 fully saturated rings. The number of hydrogen-bond donors (Lipinski definition) is 2. The van der Waals surface area contributed by atoms with Crippen LogP contribution in [0.25, 0.3) is 0 Å². The largest absolute Gasteiger partial charge is 0.370 e. The van der Waals surface area contributed by atoms with Crippen molar-refractivity contribution in [3.05, 3.63) is 29.0 Å². The highest BCUT2D eigenvalue weighted by atomic mass is 127. The minimum Gasteiger partial charge on any atom is -0.370 e. The summed E-state index contributed by atoms with van der Waals surface area (Å²) < 4.78 is 0. The molecule has 1 aromatic rings. The summed E-state index contributed by atoms with van der Waals surface area (Å²) in [5.74, 6) is 0.0740. The molecular weight excluding hydrogens is 302 g/mol. The number of nitrogens with zero attached hydrogens (tertiary/aromatic N) is 2. The van der Waals surface area contributed by atoms with Gasteiger partial charge < -0.3 is 11.5 Å². The van der Waals surface area contributed by atoms with Crippen molar-refractivity contribution in [1.82, 2.24) is 4.98 Å². The van der Waals surface area contributed by atoms with Crippen molar-refractivity contribution in [3.8, 4) is 0 Å². The Morgan fingerprint density at radius 3 is 2.62 bits per heavy atom. The van der Waals surface area contributed by atoms with E-state index in [-0.39, 0.29) is 29.9 Å². The molecular formula is C7H10ClIN4. The van der Waals surface area contributed by atoms with Gasteiger partial charge in [-0.1, -0.05) is 17.7 Å². The normalized spacial score (nSPS) is 8.69. The number of pyridine rings is 1. The number of aromatic nitrogens is 1. The Bertz CT molecular complexity index is 281. The first-order valence-corrected chi connectivity index (χ1v) is 3.72. The topological polar surface area (TPSA) is 77.3 Å². The Kier molecular flexibility index (Phi) is 5.72. The number of nitrogens with two attached hydrogens (primary N) is 2. The lowest BCUT2D eigenvalue weighted by Gasteiger charge is -1.95. The van der Waals surface area contributed by atoms with Crippen LogP contribution in [0.3, 0.4) is 0 Å². The summed E-state index contributed by atoms with van der Waals surface area (Å²) in [7, 11) is 0. The summed E-state index contributed by atoms with van der Waals surface area (Å²) in [4.78, 5) is 7.69. The molecule has 72 valence electrons. The van der Waals surface area contributed by atoms with Crippen LogP contribution < -0.4 is 11.5 Å². The highest BCUT2D eigenvalue weighted by Crippen LogP contribution is 2.05. The summed E-state index contributed by atoms with van der Waals surface area (Å²) in [5, 5.41) is 0.462. The average molecular weight is 313 g/mol. The van der Waals surface area contributed by atoms with E-state index in [1.807, 2.05) is 6.07 Å². The Morgan fingerprint density at radius 1 is 1.46 bits per heavy atom. The van der Waals surface area contributed by atoms with E-state index in [9.17, 15) is 0 Å². The average Bonchev–Trinajstić information content (AvgIpc) is 2.03. The van der Waals surface area contributed by atoms with Gasteiger partial charge in [-0.15, -0.1) is 24.0 Å². The van der Waals surface area contributed by atoms with Gasteiger partial charge in [0.05, 0.1) is 6.54 Å². The fourth-order valence-corrected chi connectivity index (χ4v) is 0.794. The van der Waals surface area contributed by atoms with Crippen LogP contribution in [0.2, 0.25) is 5.15 Å². The lowest BCUT2D eigenvalue weighted by Crippen LogP contribution is -2.22. The molecule has 0 aliphatic carbocycles. The van der Waals surface area contributed by atoms with Crippen LogP contribution in [-0.2, 0) is 6.54 Å². The summed E-state index contributed by atoms with van der Waals surface area (Å²) >= 11 is 5.58. The van der Waals surface area contributed by atoms with E-state index >= 15 is 0 Å². The quantitative estimate of drug-likeness (QED) is 0.372. The highest BCUT2D eigenvalue weighted by Gasteiger charge is 1.91. The molecule has 0 amide bonds. The van der Waals surface area contributed by atoms with Crippen LogP contribution >= 0.6 is 35.6 Å². The lowest BCUT2D eigenvalue weighted by atomic mass is 10.3. The number of hydrogen-bond acceptors (Lipinski definition) is 2. The Morgan fingerprint density at radius 2 is 2.15 bits per heavy atom. The molecule has 13 heavy (non-hydrogen) atoms. The first-order valence-electron chi connectivity index (χ1n) is 3.34. The van der Waals surface area contributed by atoms with Gasteiger partial charge in [-0.2, -0.15) is 0 Å². The zero-order valence-corrected chi connectivity index (χ0v) is 9.86. The molecule has 0 radical (unpaired) electrons. The van der Waals surface area contributed by atoms with Crippen molar-refractivity contribution in [2.45, 2.75) is 6.54 Å². The fraction of sp³-hybridized carbons (Fsp3) is 0.143.